The first-order chi connectivity index (χ1) is 5.56. The Morgan fingerprint density at radius 2 is 1.92 bits per heavy atom. The van der Waals surface area contributed by atoms with Gasteiger partial charge in [0.05, 0.1) is 0 Å². The molecule has 4 nitrogen and oxygen atoms in total. The highest BCUT2D eigenvalue weighted by atomic mass is 79.9. The summed E-state index contributed by atoms with van der Waals surface area (Å²) in [6.07, 6.45) is -0.397. The fourth-order valence-electron chi connectivity index (χ4n) is 0.555. The SMILES string of the molecule is CC(=O)OC[C@H](CBr)OC(C)=O. The molecule has 0 radical (unpaired) electrons. The topological polar surface area (TPSA) is 52.6 Å². The van der Waals surface area contributed by atoms with Crippen LogP contribution < -0.4 is 0 Å². The van der Waals surface area contributed by atoms with E-state index in [0.29, 0.717) is 5.33 Å². The Kier molecular flexibility index (Phi) is 5.70. The smallest absolute Gasteiger partial charge is 0.303 e. The van der Waals surface area contributed by atoms with Crippen molar-refractivity contribution in [1.82, 2.24) is 0 Å². The van der Waals surface area contributed by atoms with Gasteiger partial charge in [-0.1, -0.05) is 15.9 Å². The normalized spacial score (nSPS) is 11.9. The van der Waals surface area contributed by atoms with Crippen LogP contribution in [0.5, 0.6) is 0 Å². The predicted molar refractivity (Wildman–Crippen MR) is 46.0 cm³/mol. The second kappa shape index (κ2) is 5.99. The molecule has 0 fully saturated rings. The molecule has 0 saturated heterocycles. The van der Waals surface area contributed by atoms with Crippen molar-refractivity contribution in [2.45, 2.75) is 20.0 Å². The molecule has 0 unspecified atom stereocenters. The predicted octanol–water partition coefficient (Wildman–Crippen LogP) is 0.876. The zero-order chi connectivity index (χ0) is 9.56. The molecule has 0 amide bonds. The van der Waals surface area contributed by atoms with Crippen molar-refractivity contribution in [2.75, 3.05) is 11.9 Å². The second-order valence-electron chi connectivity index (χ2n) is 2.19. The van der Waals surface area contributed by atoms with Gasteiger partial charge in [0, 0.05) is 19.2 Å². The minimum atomic E-state index is -0.397. The molecule has 5 heteroatoms. The van der Waals surface area contributed by atoms with Gasteiger partial charge in [0.1, 0.15) is 12.7 Å². The minimum Gasteiger partial charge on any atom is -0.462 e. The lowest BCUT2D eigenvalue weighted by atomic mass is 10.4. The van der Waals surface area contributed by atoms with Crippen LogP contribution in [0.3, 0.4) is 0 Å². The second-order valence-corrected chi connectivity index (χ2v) is 2.84. The third-order valence-corrected chi connectivity index (χ3v) is 1.70. The zero-order valence-electron chi connectivity index (χ0n) is 7.00. The average molecular weight is 239 g/mol. The molecule has 0 saturated carbocycles. The van der Waals surface area contributed by atoms with Crippen LogP contribution in [0.2, 0.25) is 0 Å². The zero-order valence-corrected chi connectivity index (χ0v) is 8.59. The van der Waals surface area contributed by atoms with E-state index in [0.717, 1.165) is 0 Å². The molecule has 0 N–H and O–H groups in total. The molecule has 0 aliphatic carbocycles. The maximum Gasteiger partial charge on any atom is 0.303 e. The van der Waals surface area contributed by atoms with Crippen molar-refractivity contribution >= 4 is 27.9 Å². The van der Waals surface area contributed by atoms with Crippen molar-refractivity contribution in [3.8, 4) is 0 Å². The molecule has 0 spiro atoms. The number of carbonyl (C=O) groups is 2. The van der Waals surface area contributed by atoms with Gasteiger partial charge >= 0.3 is 11.9 Å². The van der Waals surface area contributed by atoms with E-state index in [9.17, 15) is 9.59 Å². The van der Waals surface area contributed by atoms with Crippen LogP contribution in [-0.4, -0.2) is 30.0 Å². The lowest BCUT2D eigenvalue weighted by Crippen LogP contribution is -2.24. The van der Waals surface area contributed by atoms with Gasteiger partial charge in [0.25, 0.3) is 0 Å². The Balaban J connectivity index is 3.67. The third-order valence-electron chi connectivity index (χ3n) is 0.977. The van der Waals surface area contributed by atoms with Crippen LogP contribution in [0.15, 0.2) is 0 Å². The summed E-state index contributed by atoms with van der Waals surface area (Å²) in [5.41, 5.74) is 0. The van der Waals surface area contributed by atoms with Gasteiger partial charge in [0.2, 0.25) is 0 Å². The van der Waals surface area contributed by atoms with Gasteiger partial charge in [-0.25, -0.2) is 0 Å². The Morgan fingerprint density at radius 3 is 2.25 bits per heavy atom. The van der Waals surface area contributed by atoms with Crippen molar-refractivity contribution in [3.63, 3.8) is 0 Å². The first-order valence-corrected chi connectivity index (χ1v) is 4.55. The van der Waals surface area contributed by atoms with E-state index in [4.69, 9.17) is 4.74 Å². The first-order valence-electron chi connectivity index (χ1n) is 3.42. The van der Waals surface area contributed by atoms with Gasteiger partial charge in [0.15, 0.2) is 0 Å². The molecule has 0 aliphatic rings. The van der Waals surface area contributed by atoms with Crippen LogP contribution in [0, 0.1) is 0 Å². The third kappa shape index (κ3) is 6.15. The van der Waals surface area contributed by atoms with E-state index in [1.165, 1.54) is 13.8 Å². The summed E-state index contributed by atoms with van der Waals surface area (Å²) in [7, 11) is 0. The van der Waals surface area contributed by atoms with Gasteiger partial charge in [-0.2, -0.15) is 0 Å². The molecule has 0 bridgehead atoms. The summed E-state index contributed by atoms with van der Waals surface area (Å²) >= 11 is 3.13. The van der Waals surface area contributed by atoms with E-state index in [2.05, 4.69) is 20.7 Å². The molecule has 0 aromatic rings. The molecule has 1 atom stereocenters. The lowest BCUT2D eigenvalue weighted by molar-refractivity contribution is -0.154. The fourth-order valence-corrected chi connectivity index (χ4v) is 0.874. The molecule has 0 aliphatic heterocycles. The number of alkyl halides is 1. The van der Waals surface area contributed by atoms with Crippen LogP contribution >= 0.6 is 15.9 Å². The van der Waals surface area contributed by atoms with E-state index in [-0.39, 0.29) is 18.5 Å². The number of esters is 2. The largest absolute Gasteiger partial charge is 0.462 e. The number of carbonyl (C=O) groups excluding carboxylic acids is 2. The Morgan fingerprint density at radius 1 is 1.33 bits per heavy atom. The van der Waals surface area contributed by atoms with Gasteiger partial charge < -0.3 is 9.47 Å². The number of rotatable bonds is 4. The number of hydrogen-bond donors (Lipinski definition) is 0. The molecule has 12 heavy (non-hydrogen) atoms. The Labute approximate surface area is 79.3 Å². The number of hydrogen-bond acceptors (Lipinski definition) is 4. The highest BCUT2D eigenvalue weighted by Gasteiger charge is 2.11. The van der Waals surface area contributed by atoms with E-state index in [1.54, 1.807) is 0 Å². The molecular formula is C7H11BrO4. The molecule has 70 valence electrons. The summed E-state index contributed by atoms with van der Waals surface area (Å²) in [4.78, 5) is 20.8. The van der Waals surface area contributed by atoms with Gasteiger partial charge in [-0.15, -0.1) is 0 Å². The summed E-state index contributed by atoms with van der Waals surface area (Å²) in [5, 5.41) is 0.458. The van der Waals surface area contributed by atoms with Crippen molar-refractivity contribution in [1.29, 1.82) is 0 Å². The summed E-state index contributed by atoms with van der Waals surface area (Å²) < 4.78 is 9.44. The van der Waals surface area contributed by atoms with Crippen LogP contribution in [0.25, 0.3) is 0 Å². The van der Waals surface area contributed by atoms with E-state index < -0.39 is 6.10 Å². The summed E-state index contributed by atoms with van der Waals surface area (Å²) in [6, 6.07) is 0. The molecule has 0 aromatic heterocycles. The lowest BCUT2D eigenvalue weighted by Gasteiger charge is -2.13. The number of ether oxygens (including phenoxy) is 2. The first kappa shape index (κ1) is 11.4. The monoisotopic (exact) mass is 238 g/mol. The molecule has 0 aromatic carbocycles. The fraction of sp³-hybridized carbons (Fsp3) is 0.714. The van der Waals surface area contributed by atoms with Crippen molar-refractivity contribution < 1.29 is 19.1 Å². The quantitative estimate of drug-likeness (QED) is 0.539. The average Bonchev–Trinajstić information content (AvgIpc) is 1.97. The maximum absolute atomic E-state index is 10.5. The highest BCUT2D eigenvalue weighted by molar-refractivity contribution is 9.09. The number of halogens is 1. The summed E-state index contributed by atoms with van der Waals surface area (Å²) in [6.45, 7) is 2.71. The Hall–Kier alpha value is -0.580. The van der Waals surface area contributed by atoms with Gasteiger partial charge in [-0.3, -0.25) is 9.59 Å². The van der Waals surface area contributed by atoms with Crippen LogP contribution in [0.4, 0.5) is 0 Å². The molecule has 0 rings (SSSR count). The Bertz CT molecular complexity index is 169. The minimum absolute atomic E-state index is 0.0974. The van der Waals surface area contributed by atoms with Gasteiger partial charge in [-0.05, 0) is 0 Å². The van der Waals surface area contributed by atoms with Crippen molar-refractivity contribution in [2.24, 2.45) is 0 Å². The van der Waals surface area contributed by atoms with Crippen LogP contribution in [0.1, 0.15) is 13.8 Å². The molecule has 0 heterocycles. The molecular weight excluding hydrogens is 228 g/mol. The standard InChI is InChI=1S/C7H11BrO4/c1-5(9)11-4-7(3-8)12-6(2)10/h7H,3-4H2,1-2H3/t7-/m0/s1. The maximum atomic E-state index is 10.5. The summed E-state index contributed by atoms with van der Waals surface area (Å²) in [5.74, 6) is -0.764. The van der Waals surface area contributed by atoms with E-state index >= 15 is 0 Å². The van der Waals surface area contributed by atoms with Crippen molar-refractivity contribution in [3.05, 3.63) is 0 Å². The van der Waals surface area contributed by atoms with Crippen LogP contribution in [-0.2, 0) is 19.1 Å². The van der Waals surface area contributed by atoms with E-state index in [1.807, 2.05) is 0 Å². The highest BCUT2D eigenvalue weighted by Crippen LogP contribution is 1.99.